The molecule has 0 aromatic carbocycles. The molecule has 0 saturated heterocycles. The molecule has 0 saturated carbocycles. The second-order valence-electron chi connectivity index (χ2n) is 4.33. The van der Waals surface area contributed by atoms with Crippen molar-refractivity contribution < 1.29 is 24.3 Å². The van der Waals surface area contributed by atoms with Gasteiger partial charge in [-0.1, -0.05) is 27.7 Å². The van der Waals surface area contributed by atoms with Crippen LogP contribution in [0.4, 0.5) is 0 Å². The number of rotatable bonds is 6. The lowest BCUT2D eigenvalue weighted by molar-refractivity contribution is -0.145. The maximum absolute atomic E-state index is 11.6. The van der Waals surface area contributed by atoms with E-state index in [1.165, 1.54) is 6.92 Å². The maximum Gasteiger partial charge on any atom is 0.343 e. The fourth-order valence-corrected chi connectivity index (χ4v) is 4.03. The van der Waals surface area contributed by atoms with Crippen LogP contribution in [0.15, 0.2) is 0 Å². The molecule has 6 heteroatoms. The molecule has 0 heterocycles. The highest BCUT2D eigenvalue weighted by Gasteiger charge is 2.62. The Labute approximate surface area is 96.0 Å². The van der Waals surface area contributed by atoms with Gasteiger partial charge in [0.1, 0.15) is 0 Å². The first-order valence-corrected chi connectivity index (χ1v) is 7.03. The van der Waals surface area contributed by atoms with Gasteiger partial charge in [-0.3, -0.25) is 9.36 Å². The number of carbonyl (C=O) groups is 1. The molecule has 0 radical (unpaired) electrons. The molecule has 0 aliphatic rings. The average molecular weight is 252 g/mol. The average Bonchev–Trinajstić information content (AvgIpc) is 2.16. The Bertz CT molecular complexity index is 304. The van der Waals surface area contributed by atoms with Gasteiger partial charge in [0.25, 0.3) is 0 Å². The van der Waals surface area contributed by atoms with Crippen molar-refractivity contribution >= 4 is 13.6 Å². The standard InChI is InChI=1S/C10H21O5P/c1-5-9(4,6-2)10(7-3,8(11)12)16(13,14)15/h5-7H2,1-4H3,(H,11,12)(H2,13,14,15)/t10-/m1/s1. The first-order valence-electron chi connectivity index (χ1n) is 5.42. The third-order valence-corrected chi connectivity index (χ3v) is 5.96. The van der Waals surface area contributed by atoms with E-state index in [4.69, 9.17) is 0 Å². The Kier molecular flexibility index (Phi) is 4.75. The molecule has 96 valence electrons. The van der Waals surface area contributed by atoms with Crippen LogP contribution in [0.3, 0.4) is 0 Å². The molecule has 0 bridgehead atoms. The van der Waals surface area contributed by atoms with Crippen molar-refractivity contribution in [3.05, 3.63) is 0 Å². The van der Waals surface area contributed by atoms with Gasteiger partial charge in [-0.2, -0.15) is 0 Å². The van der Waals surface area contributed by atoms with Crippen molar-refractivity contribution in [1.29, 1.82) is 0 Å². The predicted octanol–water partition coefficient (Wildman–Crippen LogP) is 2.22. The summed E-state index contributed by atoms with van der Waals surface area (Å²) >= 11 is 0. The summed E-state index contributed by atoms with van der Waals surface area (Å²) in [7, 11) is -4.72. The van der Waals surface area contributed by atoms with Crippen LogP contribution >= 0.6 is 7.60 Å². The van der Waals surface area contributed by atoms with Gasteiger partial charge in [-0.05, 0) is 24.7 Å². The first kappa shape index (κ1) is 15.6. The van der Waals surface area contributed by atoms with Crippen LogP contribution in [-0.2, 0) is 9.36 Å². The van der Waals surface area contributed by atoms with Gasteiger partial charge in [0.05, 0.1) is 0 Å². The molecule has 5 nitrogen and oxygen atoms in total. The molecular weight excluding hydrogens is 231 g/mol. The van der Waals surface area contributed by atoms with Crippen LogP contribution in [-0.4, -0.2) is 26.0 Å². The highest BCUT2D eigenvalue weighted by Crippen LogP contribution is 2.63. The van der Waals surface area contributed by atoms with Crippen LogP contribution in [0.25, 0.3) is 0 Å². The van der Waals surface area contributed by atoms with E-state index in [-0.39, 0.29) is 6.42 Å². The molecule has 0 aromatic heterocycles. The molecule has 0 aliphatic heterocycles. The number of hydrogen-bond acceptors (Lipinski definition) is 2. The lowest BCUT2D eigenvalue weighted by atomic mass is 9.71. The van der Waals surface area contributed by atoms with Crippen LogP contribution in [0.2, 0.25) is 0 Å². The fourth-order valence-electron chi connectivity index (χ4n) is 2.35. The van der Waals surface area contributed by atoms with Crippen LogP contribution < -0.4 is 0 Å². The zero-order valence-electron chi connectivity index (χ0n) is 10.2. The van der Waals surface area contributed by atoms with Crippen molar-refractivity contribution in [1.82, 2.24) is 0 Å². The minimum Gasteiger partial charge on any atom is -0.480 e. The monoisotopic (exact) mass is 252 g/mol. The molecule has 0 amide bonds. The van der Waals surface area contributed by atoms with Gasteiger partial charge in [-0.15, -0.1) is 0 Å². The van der Waals surface area contributed by atoms with E-state index in [0.717, 1.165) is 0 Å². The third-order valence-electron chi connectivity index (χ3n) is 3.92. The molecule has 0 rings (SSSR count). The minimum atomic E-state index is -4.72. The summed E-state index contributed by atoms with van der Waals surface area (Å²) in [6.07, 6.45) is 0.744. The number of aliphatic carboxylic acids is 1. The van der Waals surface area contributed by atoms with Gasteiger partial charge in [0.2, 0.25) is 0 Å². The molecule has 3 N–H and O–H groups in total. The Morgan fingerprint density at radius 1 is 1.12 bits per heavy atom. The third kappa shape index (κ3) is 2.04. The van der Waals surface area contributed by atoms with E-state index in [1.54, 1.807) is 20.8 Å². The molecule has 0 aromatic rings. The van der Waals surface area contributed by atoms with Crippen molar-refractivity contribution in [2.75, 3.05) is 0 Å². The summed E-state index contributed by atoms with van der Waals surface area (Å²) in [4.78, 5) is 30.2. The summed E-state index contributed by atoms with van der Waals surface area (Å²) in [5, 5.41) is 7.28. The van der Waals surface area contributed by atoms with Crippen LogP contribution in [0, 0.1) is 5.41 Å². The molecule has 0 aliphatic carbocycles. The summed E-state index contributed by atoms with van der Waals surface area (Å²) in [6.45, 7) is 6.65. The number of hydrogen-bond donors (Lipinski definition) is 3. The van der Waals surface area contributed by atoms with Crippen molar-refractivity contribution in [2.24, 2.45) is 5.41 Å². The van der Waals surface area contributed by atoms with Crippen LogP contribution in [0.5, 0.6) is 0 Å². The van der Waals surface area contributed by atoms with Crippen LogP contribution in [0.1, 0.15) is 47.0 Å². The summed E-state index contributed by atoms with van der Waals surface area (Å²) in [5.74, 6) is -1.41. The van der Waals surface area contributed by atoms with E-state index in [9.17, 15) is 24.3 Å². The molecule has 0 spiro atoms. The predicted molar refractivity (Wildman–Crippen MR) is 61.4 cm³/mol. The van der Waals surface area contributed by atoms with Crippen molar-refractivity contribution in [3.8, 4) is 0 Å². The van der Waals surface area contributed by atoms with E-state index < -0.39 is 24.1 Å². The summed E-state index contributed by atoms with van der Waals surface area (Å²) in [6, 6.07) is 0. The molecule has 1 atom stereocenters. The van der Waals surface area contributed by atoms with Gasteiger partial charge < -0.3 is 14.9 Å². The van der Waals surface area contributed by atoms with E-state index in [0.29, 0.717) is 12.8 Å². The quantitative estimate of drug-likeness (QED) is 0.630. The number of carboxylic acids is 1. The Morgan fingerprint density at radius 3 is 1.56 bits per heavy atom. The second-order valence-corrected chi connectivity index (χ2v) is 6.18. The Morgan fingerprint density at radius 2 is 1.50 bits per heavy atom. The van der Waals surface area contributed by atoms with E-state index in [1.807, 2.05) is 0 Å². The lowest BCUT2D eigenvalue weighted by Crippen LogP contribution is -2.51. The first-order chi connectivity index (χ1) is 7.13. The molecule has 16 heavy (non-hydrogen) atoms. The Balaban J connectivity index is 5.94. The normalized spacial score (nSPS) is 16.9. The fraction of sp³-hybridized carbons (Fsp3) is 0.900. The summed E-state index contributed by atoms with van der Waals surface area (Å²) in [5.41, 5.74) is -0.910. The lowest BCUT2D eigenvalue weighted by Gasteiger charge is -2.44. The van der Waals surface area contributed by atoms with Crippen molar-refractivity contribution in [2.45, 2.75) is 52.1 Å². The minimum absolute atomic E-state index is 0.0786. The highest BCUT2D eigenvalue weighted by molar-refractivity contribution is 7.54. The Hall–Kier alpha value is -0.380. The zero-order valence-corrected chi connectivity index (χ0v) is 11.1. The molecular formula is C10H21O5P. The molecule has 0 unspecified atom stereocenters. The van der Waals surface area contributed by atoms with Gasteiger partial charge >= 0.3 is 13.6 Å². The van der Waals surface area contributed by atoms with Gasteiger partial charge in [0, 0.05) is 0 Å². The number of carboxylic acid groups (broad SMARTS) is 1. The smallest absolute Gasteiger partial charge is 0.343 e. The maximum atomic E-state index is 11.6. The molecule has 0 fully saturated rings. The van der Waals surface area contributed by atoms with E-state index >= 15 is 0 Å². The van der Waals surface area contributed by atoms with E-state index in [2.05, 4.69) is 0 Å². The van der Waals surface area contributed by atoms with Gasteiger partial charge in [0.15, 0.2) is 5.16 Å². The topological polar surface area (TPSA) is 94.8 Å². The van der Waals surface area contributed by atoms with Crippen molar-refractivity contribution in [3.63, 3.8) is 0 Å². The largest absolute Gasteiger partial charge is 0.480 e. The second kappa shape index (κ2) is 4.86. The summed E-state index contributed by atoms with van der Waals surface area (Å²) < 4.78 is 11.6. The SMILES string of the molecule is CCC(C)(CC)[C@@](CC)(C(=O)O)P(=O)(O)O. The zero-order chi connectivity index (χ0) is 13.2. The van der Waals surface area contributed by atoms with Gasteiger partial charge in [-0.25, -0.2) is 0 Å². The highest BCUT2D eigenvalue weighted by atomic mass is 31.2.